The second kappa shape index (κ2) is 10.2. The Balaban J connectivity index is 4.58. The minimum Gasteiger partial charge on any atom is -0.396 e. The molecule has 120 valence electrons. The zero-order chi connectivity index (χ0) is 16.4. The molecule has 0 spiro atoms. The number of nitrogens with one attached hydrogen (secondary N) is 2. The van der Waals surface area contributed by atoms with Crippen LogP contribution in [0.2, 0.25) is 0 Å². The second-order valence-electron chi connectivity index (χ2n) is 4.55. The Kier molecular flexibility index (Phi) is 9.39. The van der Waals surface area contributed by atoms with E-state index in [0.717, 1.165) is 0 Å². The third-order valence-electron chi connectivity index (χ3n) is 2.38. The molecule has 21 heavy (non-hydrogen) atoms. The van der Waals surface area contributed by atoms with Gasteiger partial charge in [0.15, 0.2) is 0 Å². The number of Topliss-reactive ketones (excluding diaryl/α,β-unsaturated/α-hetero) is 1. The lowest BCUT2D eigenvalue weighted by molar-refractivity contribution is -0.131. The zero-order valence-electron chi connectivity index (χ0n) is 12.0. The van der Waals surface area contributed by atoms with Crippen LogP contribution in [-0.2, 0) is 19.2 Å². The molecule has 0 saturated heterocycles. The van der Waals surface area contributed by atoms with Crippen molar-refractivity contribution in [1.82, 2.24) is 10.6 Å². The highest BCUT2D eigenvalue weighted by Crippen LogP contribution is 2.05. The van der Waals surface area contributed by atoms with Crippen LogP contribution >= 0.6 is 11.8 Å². The van der Waals surface area contributed by atoms with Crippen LogP contribution in [0, 0.1) is 5.92 Å². The Morgan fingerprint density at radius 1 is 1.24 bits per heavy atom. The van der Waals surface area contributed by atoms with E-state index in [0.29, 0.717) is 0 Å². The van der Waals surface area contributed by atoms with Crippen molar-refractivity contribution in [2.45, 2.75) is 19.9 Å². The summed E-state index contributed by atoms with van der Waals surface area (Å²) in [5.41, 5.74) is 4.93. The summed E-state index contributed by atoms with van der Waals surface area (Å²) in [5.74, 6) is -2.07. The molecule has 5 N–H and O–H groups in total. The van der Waals surface area contributed by atoms with Crippen LogP contribution in [0.4, 0.5) is 0 Å². The van der Waals surface area contributed by atoms with Gasteiger partial charge in [-0.3, -0.25) is 19.2 Å². The molecule has 0 aliphatic heterocycles. The van der Waals surface area contributed by atoms with Gasteiger partial charge in [0.25, 0.3) is 0 Å². The monoisotopic (exact) mass is 319 g/mol. The average molecular weight is 319 g/mol. The average Bonchev–Trinajstić information content (AvgIpc) is 2.41. The molecule has 0 aliphatic carbocycles. The second-order valence-corrected chi connectivity index (χ2v) is 5.58. The van der Waals surface area contributed by atoms with Crippen molar-refractivity contribution in [1.29, 1.82) is 0 Å². The van der Waals surface area contributed by atoms with Gasteiger partial charge in [-0.2, -0.15) is 11.8 Å². The molecule has 0 bridgehead atoms. The number of ketones is 1. The number of thioether (sulfide) groups is 1. The highest BCUT2D eigenvalue weighted by atomic mass is 32.2. The maximum absolute atomic E-state index is 11.9. The van der Waals surface area contributed by atoms with Gasteiger partial charge in [0.2, 0.25) is 17.7 Å². The van der Waals surface area contributed by atoms with Crippen molar-refractivity contribution in [3.05, 3.63) is 0 Å². The molecule has 2 atom stereocenters. The molecule has 0 aromatic heterocycles. The SMILES string of the molecule is CC(=O)CSC[C@H](NC(=O)[C@@H](C)CO)C(=O)NCC(N)=O. The van der Waals surface area contributed by atoms with Gasteiger partial charge in [0.1, 0.15) is 11.8 Å². The molecule has 0 rings (SSSR count). The van der Waals surface area contributed by atoms with E-state index in [1.54, 1.807) is 0 Å². The summed E-state index contributed by atoms with van der Waals surface area (Å²) in [7, 11) is 0. The number of hydrogen-bond donors (Lipinski definition) is 4. The number of primary amides is 1. The molecule has 0 aliphatic rings. The van der Waals surface area contributed by atoms with Crippen LogP contribution < -0.4 is 16.4 Å². The summed E-state index contributed by atoms with van der Waals surface area (Å²) in [6.45, 7) is 2.25. The normalized spacial score (nSPS) is 13.1. The first kappa shape index (κ1) is 19.4. The van der Waals surface area contributed by atoms with Crippen molar-refractivity contribution in [3.8, 4) is 0 Å². The van der Waals surface area contributed by atoms with Crippen molar-refractivity contribution < 1.29 is 24.3 Å². The van der Waals surface area contributed by atoms with E-state index in [9.17, 15) is 19.2 Å². The molecule has 0 unspecified atom stereocenters. The molecule has 0 aromatic rings. The van der Waals surface area contributed by atoms with Crippen molar-refractivity contribution in [2.24, 2.45) is 11.7 Å². The fourth-order valence-electron chi connectivity index (χ4n) is 1.20. The molecule has 0 radical (unpaired) electrons. The zero-order valence-corrected chi connectivity index (χ0v) is 12.9. The Labute approximate surface area is 127 Å². The highest BCUT2D eigenvalue weighted by molar-refractivity contribution is 8.00. The van der Waals surface area contributed by atoms with Crippen LogP contribution in [0.25, 0.3) is 0 Å². The minimum atomic E-state index is -0.907. The van der Waals surface area contributed by atoms with Crippen molar-refractivity contribution >= 4 is 35.3 Å². The number of aliphatic hydroxyl groups excluding tert-OH is 1. The van der Waals surface area contributed by atoms with Crippen molar-refractivity contribution in [2.75, 3.05) is 24.7 Å². The largest absolute Gasteiger partial charge is 0.396 e. The fourth-order valence-corrected chi connectivity index (χ4v) is 2.07. The van der Waals surface area contributed by atoms with Crippen LogP contribution in [-0.4, -0.2) is 59.3 Å². The predicted molar refractivity (Wildman–Crippen MR) is 78.4 cm³/mol. The van der Waals surface area contributed by atoms with Gasteiger partial charge in [-0.15, -0.1) is 0 Å². The lowest BCUT2D eigenvalue weighted by atomic mass is 10.1. The number of carbonyl (C=O) groups excluding carboxylic acids is 4. The van der Waals surface area contributed by atoms with Gasteiger partial charge >= 0.3 is 0 Å². The minimum absolute atomic E-state index is 0.0497. The number of hydrogen-bond acceptors (Lipinski definition) is 6. The molecule has 0 aromatic carbocycles. The highest BCUT2D eigenvalue weighted by Gasteiger charge is 2.23. The van der Waals surface area contributed by atoms with Gasteiger partial charge < -0.3 is 21.5 Å². The molecular formula is C12H21N3O5S. The summed E-state index contributed by atoms with van der Waals surface area (Å²) in [5, 5.41) is 13.7. The number of nitrogens with two attached hydrogens (primary N) is 1. The molecule has 0 saturated carbocycles. The first-order valence-corrected chi connectivity index (χ1v) is 7.47. The smallest absolute Gasteiger partial charge is 0.243 e. The van der Waals surface area contributed by atoms with E-state index in [1.165, 1.54) is 25.6 Å². The Bertz CT molecular complexity index is 402. The van der Waals surface area contributed by atoms with E-state index in [4.69, 9.17) is 10.8 Å². The lowest BCUT2D eigenvalue weighted by Crippen LogP contribution is -2.51. The van der Waals surface area contributed by atoms with Gasteiger partial charge in [-0.25, -0.2) is 0 Å². The van der Waals surface area contributed by atoms with E-state index in [-0.39, 0.29) is 30.4 Å². The standard InChI is InChI=1S/C12H21N3O5S/c1-7(4-16)11(19)15-9(6-21-5-8(2)17)12(20)14-3-10(13)18/h7,9,16H,3-6H2,1-2H3,(H2,13,18)(H,14,20)(H,15,19)/t7-,9-/m0/s1. The number of aliphatic hydroxyl groups is 1. The lowest BCUT2D eigenvalue weighted by Gasteiger charge is -2.19. The summed E-state index contributed by atoms with van der Waals surface area (Å²) in [4.78, 5) is 45.1. The van der Waals surface area contributed by atoms with Crippen LogP contribution in [0.3, 0.4) is 0 Å². The summed E-state index contributed by atoms with van der Waals surface area (Å²) in [6, 6.07) is -0.907. The quantitative estimate of drug-likeness (QED) is 0.368. The van der Waals surface area contributed by atoms with Gasteiger partial charge in [-0.05, 0) is 6.92 Å². The molecule has 8 nitrogen and oxygen atoms in total. The Morgan fingerprint density at radius 2 is 1.86 bits per heavy atom. The first-order chi connectivity index (χ1) is 9.77. The molecule has 3 amide bonds. The predicted octanol–water partition coefficient (Wildman–Crippen LogP) is -1.98. The van der Waals surface area contributed by atoms with Crippen LogP contribution in [0.15, 0.2) is 0 Å². The fraction of sp³-hybridized carbons (Fsp3) is 0.667. The molecule has 0 fully saturated rings. The van der Waals surface area contributed by atoms with Crippen LogP contribution in [0.5, 0.6) is 0 Å². The number of amides is 3. The number of rotatable bonds is 10. The maximum atomic E-state index is 11.9. The number of carbonyl (C=O) groups is 4. The third kappa shape index (κ3) is 9.03. The Hall–Kier alpha value is -1.61. The Morgan fingerprint density at radius 3 is 2.33 bits per heavy atom. The first-order valence-electron chi connectivity index (χ1n) is 6.32. The topological polar surface area (TPSA) is 139 Å². The third-order valence-corrected chi connectivity index (χ3v) is 3.56. The molecule has 0 heterocycles. The molecular weight excluding hydrogens is 298 g/mol. The van der Waals surface area contributed by atoms with Gasteiger partial charge in [-0.1, -0.05) is 6.92 Å². The van der Waals surface area contributed by atoms with E-state index >= 15 is 0 Å². The summed E-state index contributed by atoms with van der Waals surface area (Å²) < 4.78 is 0. The maximum Gasteiger partial charge on any atom is 0.243 e. The van der Waals surface area contributed by atoms with E-state index in [2.05, 4.69) is 10.6 Å². The van der Waals surface area contributed by atoms with E-state index in [1.807, 2.05) is 0 Å². The van der Waals surface area contributed by atoms with E-state index < -0.39 is 29.7 Å². The van der Waals surface area contributed by atoms with Gasteiger partial charge in [0, 0.05) is 5.75 Å². The van der Waals surface area contributed by atoms with Gasteiger partial charge in [0.05, 0.1) is 24.8 Å². The molecule has 9 heteroatoms. The summed E-state index contributed by atoms with van der Waals surface area (Å²) in [6.07, 6.45) is 0. The summed E-state index contributed by atoms with van der Waals surface area (Å²) >= 11 is 1.19. The van der Waals surface area contributed by atoms with Crippen LogP contribution in [0.1, 0.15) is 13.8 Å². The van der Waals surface area contributed by atoms with Crippen molar-refractivity contribution in [3.63, 3.8) is 0 Å².